The van der Waals surface area contributed by atoms with Crippen molar-refractivity contribution in [3.05, 3.63) is 46.9 Å². The molecule has 0 radical (unpaired) electrons. The highest BCUT2D eigenvalue weighted by molar-refractivity contribution is 6.00. The van der Waals surface area contributed by atoms with Crippen LogP contribution in [0.4, 0.5) is 16.2 Å². The third kappa shape index (κ3) is 2.43. The summed E-state index contributed by atoms with van der Waals surface area (Å²) in [5.74, 6) is 0.776. The lowest BCUT2D eigenvalue weighted by Crippen LogP contribution is -2.19. The Kier molecular flexibility index (Phi) is 3.16. The fourth-order valence-electron chi connectivity index (χ4n) is 2.48. The minimum Gasteiger partial charge on any atom is -0.454 e. The molecule has 0 aliphatic carbocycles. The molecule has 3 aromatic rings. The SMILES string of the molecule is Cn1c(=O)oc2cc(NC(=O)Nc3ccc4c(c3)OCO4)ccc21. The first-order valence-corrected chi connectivity index (χ1v) is 7.17. The number of carbonyl (C=O) groups is 1. The van der Waals surface area contributed by atoms with E-state index in [1.165, 1.54) is 4.57 Å². The van der Waals surface area contributed by atoms with Crippen molar-refractivity contribution in [2.24, 2.45) is 7.05 Å². The van der Waals surface area contributed by atoms with Crippen LogP contribution < -0.4 is 25.9 Å². The van der Waals surface area contributed by atoms with Gasteiger partial charge in [-0.3, -0.25) is 4.57 Å². The van der Waals surface area contributed by atoms with Gasteiger partial charge in [-0.25, -0.2) is 9.59 Å². The molecule has 1 aliphatic heterocycles. The molecule has 0 atom stereocenters. The molecule has 8 heteroatoms. The first-order chi connectivity index (χ1) is 11.6. The summed E-state index contributed by atoms with van der Waals surface area (Å²) in [6.07, 6.45) is 0. The Labute approximate surface area is 135 Å². The average Bonchev–Trinajstić information content (AvgIpc) is 3.12. The number of hydrogen-bond acceptors (Lipinski definition) is 5. The number of rotatable bonds is 2. The van der Waals surface area contributed by atoms with E-state index in [-0.39, 0.29) is 6.79 Å². The van der Waals surface area contributed by atoms with Gasteiger partial charge in [0.25, 0.3) is 0 Å². The summed E-state index contributed by atoms with van der Waals surface area (Å²) in [4.78, 5) is 23.6. The van der Waals surface area contributed by atoms with Crippen LogP contribution in [0, 0.1) is 0 Å². The number of aromatic nitrogens is 1. The van der Waals surface area contributed by atoms with Gasteiger partial charge in [-0.15, -0.1) is 0 Å². The van der Waals surface area contributed by atoms with Crippen molar-refractivity contribution in [1.29, 1.82) is 0 Å². The Balaban J connectivity index is 1.50. The van der Waals surface area contributed by atoms with Gasteiger partial charge in [-0.2, -0.15) is 0 Å². The summed E-state index contributed by atoms with van der Waals surface area (Å²) >= 11 is 0. The topological polar surface area (TPSA) is 94.7 Å². The fraction of sp³-hybridized carbons (Fsp3) is 0.125. The number of nitrogens with one attached hydrogen (secondary N) is 2. The number of benzene rings is 2. The van der Waals surface area contributed by atoms with E-state index in [0.717, 1.165) is 0 Å². The Morgan fingerprint density at radius 3 is 2.58 bits per heavy atom. The molecule has 1 aromatic heterocycles. The predicted molar refractivity (Wildman–Crippen MR) is 86.7 cm³/mol. The summed E-state index contributed by atoms with van der Waals surface area (Å²) in [5.41, 5.74) is 2.14. The number of ether oxygens (including phenoxy) is 2. The highest BCUT2D eigenvalue weighted by Gasteiger charge is 2.14. The smallest absolute Gasteiger partial charge is 0.419 e. The van der Waals surface area contributed by atoms with Crippen LogP contribution in [0.15, 0.2) is 45.6 Å². The molecule has 0 unspecified atom stereocenters. The molecular formula is C16H13N3O5. The van der Waals surface area contributed by atoms with Crippen LogP contribution in [-0.2, 0) is 7.05 Å². The lowest BCUT2D eigenvalue weighted by atomic mass is 10.2. The Bertz CT molecular complexity index is 1000. The molecule has 1 aliphatic rings. The van der Waals surface area contributed by atoms with Gasteiger partial charge in [0.1, 0.15) is 0 Å². The second-order valence-corrected chi connectivity index (χ2v) is 5.26. The predicted octanol–water partition coefficient (Wildman–Crippen LogP) is 2.50. The van der Waals surface area contributed by atoms with Gasteiger partial charge in [-0.05, 0) is 24.3 Å². The zero-order valence-electron chi connectivity index (χ0n) is 12.7. The van der Waals surface area contributed by atoms with E-state index in [4.69, 9.17) is 13.9 Å². The number of nitrogens with zero attached hydrogens (tertiary/aromatic N) is 1. The van der Waals surface area contributed by atoms with E-state index in [1.54, 1.807) is 43.4 Å². The molecule has 122 valence electrons. The number of carbonyl (C=O) groups excluding carboxylic acids is 1. The Hall–Kier alpha value is -3.42. The van der Waals surface area contributed by atoms with E-state index >= 15 is 0 Å². The lowest BCUT2D eigenvalue weighted by molar-refractivity contribution is 0.174. The first-order valence-electron chi connectivity index (χ1n) is 7.17. The highest BCUT2D eigenvalue weighted by atomic mass is 16.7. The fourth-order valence-corrected chi connectivity index (χ4v) is 2.48. The molecule has 2 aromatic carbocycles. The van der Waals surface area contributed by atoms with Gasteiger partial charge in [0.2, 0.25) is 6.79 Å². The van der Waals surface area contributed by atoms with Gasteiger partial charge in [0, 0.05) is 30.6 Å². The molecule has 2 N–H and O–H groups in total. The normalized spacial score (nSPS) is 12.4. The largest absolute Gasteiger partial charge is 0.454 e. The highest BCUT2D eigenvalue weighted by Crippen LogP contribution is 2.34. The standard InChI is InChI=1S/C16H13N3O5/c1-19-11-4-2-9(6-13(11)24-16(19)21)17-15(20)18-10-3-5-12-14(7-10)23-8-22-12/h2-7H,8H2,1H3,(H2,17,18,20). The Morgan fingerprint density at radius 2 is 1.75 bits per heavy atom. The van der Waals surface area contributed by atoms with Crippen molar-refractivity contribution in [3.8, 4) is 11.5 Å². The molecule has 2 amide bonds. The monoisotopic (exact) mass is 327 g/mol. The zero-order valence-corrected chi connectivity index (χ0v) is 12.7. The van der Waals surface area contributed by atoms with Crippen LogP contribution in [0.2, 0.25) is 0 Å². The lowest BCUT2D eigenvalue weighted by Gasteiger charge is -2.08. The molecule has 0 bridgehead atoms. The number of amides is 2. The third-order valence-corrected chi connectivity index (χ3v) is 3.68. The number of aryl methyl sites for hydroxylation is 1. The average molecular weight is 327 g/mol. The van der Waals surface area contributed by atoms with E-state index in [2.05, 4.69) is 10.6 Å². The van der Waals surface area contributed by atoms with Crippen LogP contribution >= 0.6 is 0 Å². The van der Waals surface area contributed by atoms with E-state index < -0.39 is 11.8 Å². The summed E-state index contributed by atoms with van der Waals surface area (Å²) in [6.45, 7) is 0.174. The Morgan fingerprint density at radius 1 is 1.04 bits per heavy atom. The molecule has 0 fully saturated rings. The van der Waals surface area contributed by atoms with Crippen LogP contribution in [-0.4, -0.2) is 17.4 Å². The third-order valence-electron chi connectivity index (χ3n) is 3.68. The molecule has 0 saturated heterocycles. The van der Waals surface area contributed by atoms with E-state index in [9.17, 15) is 9.59 Å². The molecule has 2 heterocycles. The first kappa shape index (κ1) is 14.2. The maximum absolute atomic E-state index is 12.1. The number of urea groups is 1. The summed E-state index contributed by atoms with van der Waals surface area (Å²) in [6, 6.07) is 9.69. The van der Waals surface area contributed by atoms with Gasteiger partial charge in [-0.1, -0.05) is 0 Å². The number of oxazole rings is 1. The number of anilines is 2. The van der Waals surface area contributed by atoms with Crippen LogP contribution in [0.5, 0.6) is 11.5 Å². The van der Waals surface area contributed by atoms with Gasteiger partial charge in [0.05, 0.1) is 5.52 Å². The zero-order chi connectivity index (χ0) is 16.7. The summed E-state index contributed by atoms with van der Waals surface area (Å²) < 4.78 is 17.0. The number of hydrogen-bond donors (Lipinski definition) is 2. The quantitative estimate of drug-likeness (QED) is 0.754. The van der Waals surface area contributed by atoms with E-state index in [0.29, 0.717) is 34.0 Å². The van der Waals surface area contributed by atoms with Crippen LogP contribution in [0.25, 0.3) is 11.1 Å². The van der Waals surface area contributed by atoms with E-state index in [1.807, 2.05) is 0 Å². The van der Waals surface area contributed by atoms with Crippen molar-refractivity contribution < 1.29 is 18.7 Å². The molecule has 4 rings (SSSR count). The maximum Gasteiger partial charge on any atom is 0.419 e. The molecule has 24 heavy (non-hydrogen) atoms. The number of fused-ring (bicyclic) bond motifs is 2. The molecule has 0 saturated carbocycles. The van der Waals surface area contributed by atoms with Crippen molar-refractivity contribution in [2.45, 2.75) is 0 Å². The maximum atomic E-state index is 12.1. The van der Waals surface area contributed by atoms with Crippen molar-refractivity contribution >= 4 is 28.5 Å². The van der Waals surface area contributed by atoms with Crippen LogP contribution in [0.1, 0.15) is 0 Å². The minimum absolute atomic E-state index is 0.174. The van der Waals surface area contributed by atoms with Gasteiger partial charge in [0.15, 0.2) is 17.1 Å². The second-order valence-electron chi connectivity index (χ2n) is 5.26. The minimum atomic E-state index is -0.452. The van der Waals surface area contributed by atoms with Gasteiger partial charge >= 0.3 is 11.8 Å². The summed E-state index contributed by atoms with van der Waals surface area (Å²) in [5, 5.41) is 5.39. The van der Waals surface area contributed by atoms with Crippen molar-refractivity contribution in [2.75, 3.05) is 17.4 Å². The molecular weight excluding hydrogens is 314 g/mol. The molecule has 0 spiro atoms. The van der Waals surface area contributed by atoms with Crippen molar-refractivity contribution in [3.63, 3.8) is 0 Å². The molecule has 8 nitrogen and oxygen atoms in total. The van der Waals surface area contributed by atoms with Crippen molar-refractivity contribution in [1.82, 2.24) is 4.57 Å². The summed E-state index contributed by atoms with van der Waals surface area (Å²) in [7, 11) is 1.62. The second kappa shape index (κ2) is 5.34. The van der Waals surface area contributed by atoms with Gasteiger partial charge < -0.3 is 24.5 Å². The van der Waals surface area contributed by atoms with Crippen LogP contribution in [0.3, 0.4) is 0 Å².